The van der Waals surface area contributed by atoms with Crippen LogP contribution in [0.1, 0.15) is 29.3 Å². The molecule has 0 saturated heterocycles. The number of amides is 2. The highest BCUT2D eigenvalue weighted by atomic mass is 79.9. The summed E-state index contributed by atoms with van der Waals surface area (Å²) in [4.78, 5) is 23.8. The zero-order valence-corrected chi connectivity index (χ0v) is 15.5. The van der Waals surface area contributed by atoms with E-state index in [9.17, 15) is 14.7 Å². The molecule has 132 valence electrons. The number of rotatable bonds is 6. The molecule has 0 aliphatic heterocycles. The smallest absolute Gasteiger partial charge is 0.255 e. The first-order valence-corrected chi connectivity index (χ1v) is 8.47. The van der Waals surface area contributed by atoms with Crippen LogP contribution in [0.2, 0.25) is 0 Å². The molecule has 2 rings (SSSR count). The number of phenolic OH excluding ortho intramolecular Hbond substituents is 1. The van der Waals surface area contributed by atoms with E-state index < -0.39 is 5.91 Å². The minimum Gasteiger partial charge on any atom is -0.507 e. The summed E-state index contributed by atoms with van der Waals surface area (Å²) in [5, 5.41) is 15.3. The summed E-state index contributed by atoms with van der Waals surface area (Å²) in [5.41, 5.74) is 1.43. The fourth-order valence-electron chi connectivity index (χ4n) is 2.14. The lowest BCUT2D eigenvalue weighted by Crippen LogP contribution is -2.23. The summed E-state index contributed by atoms with van der Waals surface area (Å²) in [6, 6.07) is 9.84. The number of nitrogens with one attached hydrogen (secondary N) is 2. The summed E-state index contributed by atoms with van der Waals surface area (Å²) in [6.07, 6.45) is 0.328. The number of anilines is 1. The normalized spacial score (nSPS) is 10.2. The van der Waals surface area contributed by atoms with Crippen LogP contribution < -0.4 is 15.4 Å². The Balaban J connectivity index is 2.08. The van der Waals surface area contributed by atoms with Gasteiger partial charge in [-0.15, -0.1) is 0 Å². The van der Waals surface area contributed by atoms with Gasteiger partial charge in [0.15, 0.2) is 0 Å². The highest BCUT2D eigenvalue weighted by Crippen LogP contribution is 2.26. The monoisotopic (exact) mass is 406 g/mol. The molecule has 7 heteroatoms. The van der Waals surface area contributed by atoms with Crippen molar-refractivity contribution >= 4 is 33.4 Å². The lowest BCUT2D eigenvalue weighted by atomic mass is 10.1. The summed E-state index contributed by atoms with van der Waals surface area (Å²) < 4.78 is 5.95. The number of carbonyl (C=O) groups excluding carboxylic acids is 2. The lowest BCUT2D eigenvalue weighted by molar-refractivity contribution is -0.115. The SMILES string of the molecule is CCC(=O)Nc1ccc(O)c(C(=O)NCc2ccc(OC)c(Br)c2)c1. The van der Waals surface area contributed by atoms with Gasteiger partial charge in [-0.05, 0) is 51.8 Å². The van der Waals surface area contributed by atoms with E-state index in [-0.39, 0.29) is 23.8 Å². The maximum atomic E-state index is 12.3. The molecule has 2 amide bonds. The molecule has 0 unspecified atom stereocenters. The Labute approximate surface area is 154 Å². The standard InChI is InChI=1S/C18H19BrN2O4/c1-3-17(23)21-12-5-6-15(22)13(9-12)18(24)20-10-11-4-7-16(25-2)14(19)8-11/h4-9,22H,3,10H2,1-2H3,(H,20,24)(H,21,23). The van der Waals surface area contributed by atoms with Crippen molar-refractivity contribution in [3.8, 4) is 11.5 Å². The van der Waals surface area contributed by atoms with Crippen molar-refractivity contribution in [2.75, 3.05) is 12.4 Å². The van der Waals surface area contributed by atoms with Crippen LogP contribution in [0.5, 0.6) is 11.5 Å². The van der Waals surface area contributed by atoms with Gasteiger partial charge in [-0.25, -0.2) is 0 Å². The van der Waals surface area contributed by atoms with Crippen LogP contribution in [-0.2, 0) is 11.3 Å². The van der Waals surface area contributed by atoms with Gasteiger partial charge in [0.1, 0.15) is 11.5 Å². The molecular formula is C18H19BrN2O4. The minimum atomic E-state index is -0.433. The molecule has 0 aliphatic carbocycles. The van der Waals surface area contributed by atoms with Gasteiger partial charge in [0.25, 0.3) is 5.91 Å². The molecule has 0 atom stereocenters. The maximum absolute atomic E-state index is 12.3. The molecule has 0 heterocycles. The van der Waals surface area contributed by atoms with Gasteiger partial charge in [0.2, 0.25) is 5.91 Å². The molecule has 2 aromatic carbocycles. The number of carbonyl (C=O) groups is 2. The van der Waals surface area contributed by atoms with Gasteiger partial charge in [-0.1, -0.05) is 13.0 Å². The minimum absolute atomic E-state index is 0.0986. The van der Waals surface area contributed by atoms with E-state index in [0.29, 0.717) is 17.9 Å². The Bertz CT molecular complexity index is 793. The van der Waals surface area contributed by atoms with Crippen LogP contribution in [-0.4, -0.2) is 24.0 Å². The van der Waals surface area contributed by atoms with Gasteiger partial charge in [-0.2, -0.15) is 0 Å². The first-order chi connectivity index (χ1) is 11.9. The fourth-order valence-corrected chi connectivity index (χ4v) is 2.73. The molecule has 0 fully saturated rings. The molecule has 0 saturated carbocycles. The number of hydrogen-bond donors (Lipinski definition) is 3. The Morgan fingerprint density at radius 2 is 1.96 bits per heavy atom. The number of methoxy groups -OCH3 is 1. The molecule has 0 bridgehead atoms. The summed E-state index contributed by atoms with van der Waals surface area (Å²) >= 11 is 3.39. The van der Waals surface area contributed by atoms with Crippen molar-refractivity contribution in [1.82, 2.24) is 5.32 Å². The number of halogens is 1. The summed E-state index contributed by atoms with van der Waals surface area (Å²) in [6.45, 7) is 2.02. The molecule has 2 aromatic rings. The average molecular weight is 407 g/mol. The third-order valence-electron chi connectivity index (χ3n) is 3.52. The van der Waals surface area contributed by atoms with Crippen molar-refractivity contribution in [1.29, 1.82) is 0 Å². The second-order valence-corrected chi connectivity index (χ2v) is 6.14. The Hall–Kier alpha value is -2.54. The molecule has 3 N–H and O–H groups in total. The van der Waals surface area contributed by atoms with Crippen LogP contribution >= 0.6 is 15.9 Å². The van der Waals surface area contributed by atoms with E-state index in [4.69, 9.17) is 4.74 Å². The molecule has 25 heavy (non-hydrogen) atoms. The average Bonchev–Trinajstić information content (AvgIpc) is 2.61. The van der Waals surface area contributed by atoms with Crippen molar-refractivity contribution in [2.45, 2.75) is 19.9 Å². The molecule has 0 aromatic heterocycles. The third kappa shape index (κ3) is 4.96. The number of hydrogen-bond acceptors (Lipinski definition) is 4. The van der Waals surface area contributed by atoms with E-state index in [1.165, 1.54) is 12.1 Å². The largest absolute Gasteiger partial charge is 0.507 e. The molecule has 0 radical (unpaired) electrons. The lowest BCUT2D eigenvalue weighted by Gasteiger charge is -2.11. The van der Waals surface area contributed by atoms with E-state index in [2.05, 4.69) is 26.6 Å². The van der Waals surface area contributed by atoms with Crippen LogP contribution in [0, 0.1) is 0 Å². The van der Waals surface area contributed by atoms with Crippen molar-refractivity contribution in [3.63, 3.8) is 0 Å². The van der Waals surface area contributed by atoms with Crippen LogP contribution in [0.4, 0.5) is 5.69 Å². The predicted molar refractivity (Wildman–Crippen MR) is 98.9 cm³/mol. The van der Waals surface area contributed by atoms with Gasteiger partial charge >= 0.3 is 0 Å². The van der Waals surface area contributed by atoms with Crippen molar-refractivity contribution in [3.05, 3.63) is 52.0 Å². The van der Waals surface area contributed by atoms with Gasteiger partial charge in [0, 0.05) is 18.7 Å². The zero-order chi connectivity index (χ0) is 18.4. The van der Waals surface area contributed by atoms with Crippen LogP contribution in [0.25, 0.3) is 0 Å². The molecular weight excluding hydrogens is 388 g/mol. The number of aromatic hydroxyl groups is 1. The highest BCUT2D eigenvalue weighted by molar-refractivity contribution is 9.10. The zero-order valence-electron chi connectivity index (χ0n) is 13.9. The fraction of sp³-hybridized carbons (Fsp3) is 0.222. The first-order valence-electron chi connectivity index (χ1n) is 7.68. The number of phenols is 1. The van der Waals surface area contributed by atoms with Crippen molar-refractivity contribution < 1.29 is 19.4 Å². The Kier molecular flexibility index (Phi) is 6.41. The molecule has 0 aliphatic rings. The van der Waals surface area contributed by atoms with Crippen LogP contribution in [0.3, 0.4) is 0 Å². The van der Waals surface area contributed by atoms with E-state index in [0.717, 1.165) is 10.0 Å². The molecule has 0 spiro atoms. The van der Waals surface area contributed by atoms with Crippen molar-refractivity contribution in [2.24, 2.45) is 0 Å². The predicted octanol–water partition coefficient (Wildman–Crippen LogP) is 3.44. The van der Waals surface area contributed by atoms with E-state index in [1.54, 1.807) is 26.2 Å². The number of benzene rings is 2. The first kappa shape index (κ1) is 18.8. The summed E-state index contributed by atoms with van der Waals surface area (Å²) in [5.74, 6) is -0.0489. The highest BCUT2D eigenvalue weighted by Gasteiger charge is 2.13. The van der Waals surface area contributed by atoms with Crippen LogP contribution in [0.15, 0.2) is 40.9 Å². The quantitative estimate of drug-likeness (QED) is 0.641. The third-order valence-corrected chi connectivity index (χ3v) is 4.14. The van der Waals surface area contributed by atoms with Gasteiger partial charge in [0.05, 0.1) is 17.1 Å². The second kappa shape index (κ2) is 8.53. The maximum Gasteiger partial charge on any atom is 0.255 e. The number of ether oxygens (including phenoxy) is 1. The van der Waals surface area contributed by atoms with Gasteiger partial charge < -0.3 is 20.5 Å². The molecule has 6 nitrogen and oxygen atoms in total. The Morgan fingerprint density at radius 1 is 1.20 bits per heavy atom. The summed E-state index contributed by atoms with van der Waals surface area (Å²) in [7, 11) is 1.58. The van der Waals surface area contributed by atoms with E-state index in [1.807, 2.05) is 12.1 Å². The Morgan fingerprint density at radius 3 is 2.60 bits per heavy atom. The second-order valence-electron chi connectivity index (χ2n) is 5.29. The topological polar surface area (TPSA) is 87.7 Å². The van der Waals surface area contributed by atoms with E-state index >= 15 is 0 Å². The van der Waals surface area contributed by atoms with Gasteiger partial charge in [-0.3, -0.25) is 9.59 Å².